The highest BCUT2D eigenvalue weighted by Gasteiger charge is 2.21. The van der Waals surface area contributed by atoms with Gasteiger partial charge in [0.05, 0.1) is 18.5 Å². The molecular formula is C21H24N2O3S. The summed E-state index contributed by atoms with van der Waals surface area (Å²) in [5, 5.41) is 3.40. The molecule has 1 heterocycles. The van der Waals surface area contributed by atoms with Crippen molar-refractivity contribution in [3.63, 3.8) is 0 Å². The highest BCUT2D eigenvalue weighted by molar-refractivity contribution is 7.99. The Bertz CT molecular complexity index is 834. The van der Waals surface area contributed by atoms with Crippen LogP contribution in [0.1, 0.15) is 29.8 Å². The lowest BCUT2D eigenvalue weighted by Gasteiger charge is -2.13. The third-order valence-corrected chi connectivity index (χ3v) is 5.20. The van der Waals surface area contributed by atoms with E-state index in [1.165, 1.54) is 4.90 Å². The minimum absolute atomic E-state index is 0.100. The zero-order chi connectivity index (χ0) is 19.4. The van der Waals surface area contributed by atoms with Crippen LogP contribution in [-0.4, -0.2) is 42.2 Å². The number of carbonyl (C=O) groups excluding carboxylic acids is 2. The predicted molar refractivity (Wildman–Crippen MR) is 109 cm³/mol. The van der Waals surface area contributed by atoms with Crippen LogP contribution in [0.2, 0.25) is 0 Å². The Morgan fingerprint density at radius 1 is 1.22 bits per heavy atom. The molecule has 0 saturated carbocycles. The van der Waals surface area contributed by atoms with Gasteiger partial charge in [-0.2, -0.15) is 0 Å². The van der Waals surface area contributed by atoms with Crippen molar-refractivity contribution in [3.8, 4) is 5.75 Å². The Kier molecular flexibility index (Phi) is 6.06. The monoisotopic (exact) mass is 384 g/mol. The summed E-state index contributed by atoms with van der Waals surface area (Å²) in [7, 11) is 1.74. The van der Waals surface area contributed by atoms with Crippen LogP contribution >= 0.6 is 11.8 Å². The van der Waals surface area contributed by atoms with Gasteiger partial charge < -0.3 is 15.0 Å². The van der Waals surface area contributed by atoms with Crippen LogP contribution in [0, 0.1) is 0 Å². The first-order valence-electron chi connectivity index (χ1n) is 9.00. The number of likely N-dealkylation sites (N-methyl/N-ethyl adjacent to an activating group) is 1. The standard InChI is InChI=1S/C21H24N2O3S/c1-14(2)27-17-7-4-15(5-8-17)12-20(24)22-16-6-9-19-18(13-16)21(25)23(3)10-11-26-19/h4-9,13-14H,10-12H2,1-3H3,(H,22,24). The lowest BCUT2D eigenvalue weighted by molar-refractivity contribution is -0.115. The molecule has 0 spiro atoms. The summed E-state index contributed by atoms with van der Waals surface area (Å²) < 4.78 is 5.61. The number of fused-ring (bicyclic) bond motifs is 1. The number of thioether (sulfide) groups is 1. The second kappa shape index (κ2) is 8.48. The molecule has 3 rings (SSSR count). The molecule has 1 aliphatic rings. The molecule has 6 heteroatoms. The van der Waals surface area contributed by atoms with Gasteiger partial charge >= 0.3 is 0 Å². The van der Waals surface area contributed by atoms with E-state index < -0.39 is 0 Å². The lowest BCUT2D eigenvalue weighted by Crippen LogP contribution is -2.27. The Labute approximate surface area is 164 Å². The van der Waals surface area contributed by atoms with E-state index in [0.717, 1.165) is 5.56 Å². The third kappa shape index (κ3) is 5.04. The number of hydrogen-bond donors (Lipinski definition) is 1. The van der Waals surface area contributed by atoms with Crippen LogP contribution in [0.4, 0.5) is 5.69 Å². The smallest absolute Gasteiger partial charge is 0.257 e. The van der Waals surface area contributed by atoms with Crippen molar-refractivity contribution in [1.82, 2.24) is 4.90 Å². The van der Waals surface area contributed by atoms with E-state index in [1.54, 1.807) is 41.9 Å². The van der Waals surface area contributed by atoms with Gasteiger partial charge in [0.2, 0.25) is 5.91 Å². The number of nitrogens with one attached hydrogen (secondary N) is 1. The maximum absolute atomic E-state index is 12.4. The average Bonchev–Trinajstić information content (AvgIpc) is 2.76. The highest BCUT2D eigenvalue weighted by atomic mass is 32.2. The highest BCUT2D eigenvalue weighted by Crippen LogP contribution is 2.26. The zero-order valence-electron chi connectivity index (χ0n) is 15.8. The number of benzene rings is 2. The summed E-state index contributed by atoms with van der Waals surface area (Å²) in [5.41, 5.74) is 2.02. The SMILES string of the molecule is CC(C)Sc1ccc(CC(=O)Nc2ccc3c(c2)C(=O)N(C)CCO3)cc1. The van der Waals surface area contributed by atoms with Crippen LogP contribution in [0.3, 0.4) is 0 Å². The van der Waals surface area contributed by atoms with Gasteiger partial charge in [0.1, 0.15) is 12.4 Å². The Hall–Kier alpha value is -2.47. The molecule has 0 aliphatic carbocycles. The van der Waals surface area contributed by atoms with E-state index in [1.807, 2.05) is 24.3 Å². The molecule has 1 N–H and O–H groups in total. The third-order valence-electron chi connectivity index (χ3n) is 4.18. The average molecular weight is 385 g/mol. The van der Waals surface area contributed by atoms with Gasteiger partial charge in [0.25, 0.3) is 5.91 Å². The minimum Gasteiger partial charge on any atom is -0.491 e. The van der Waals surface area contributed by atoms with Crippen molar-refractivity contribution in [3.05, 3.63) is 53.6 Å². The second-order valence-electron chi connectivity index (χ2n) is 6.82. The molecule has 0 atom stereocenters. The largest absolute Gasteiger partial charge is 0.491 e. The second-order valence-corrected chi connectivity index (χ2v) is 8.47. The van der Waals surface area contributed by atoms with E-state index in [4.69, 9.17) is 4.74 Å². The number of hydrogen-bond acceptors (Lipinski definition) is 4. The summed E-state index contributed by atoms with van der Waals surface area (Å²) >= 11 is 1.80. The van der Waals surface area contributed by atoms with Gasteiger partial charge in [-0.1, -0.05) is 26.0 Å². The van der Waals surface area contributed by atoms with Crippen molar-refractivity contribution in [2.45, 2.75) is 30.4 Å². The Morgan fingerprint density at radius 2 is 1.96 bits per heavy atom. The Balaban J connectivity index is 1.66. The number of rotatable bonds is 5. The molecule has 2 aromatic carbocycles. The molecule has 5 nitrogen and oxygen atoms in total. The van der Waals surface area contributed by atoms with Crippen LogP contribution in [0.25, 0.3) is 0 Å². The van der Waals surface area contributed by atoms with Crippen molar-refractivity contribution in [2.24, 2.45) is 0 Å². The van der Waals surface area contributed by atoms with Crippen LogP contribution in [-0.2, 0) is 11.2 Å². The van der Waals surface area contributed by atoms with Crippen LogP contribution < -0.4 is 10.1 Å². The molecule has 0 fully saturated rings. The number of anilines is 1. The van der Waals surface area contributed by atoms with Gasteiger partial charge in [-0.05, 0) is 35.9 Å². The topological polar surface area (TPSA) is 58.6 Å². The number of amides is 2. The van der Waals surface area contributed by atoms with Crippen molar-refractivity contribution in [1.29, 1.82) is 0 Å². The first-order chi connectivity index (χ1) is 12.9. The van der Waals surface area contributed by atoms with Gasteiger partial charge in [-0.3, -0.25) is 9.59 Å². The molecule has 142 valence electrons. The lowest BCUT2D eigenvalue weighted by atomic mass is 10.1. The molecule has 0 saturated heterocycles. The van der Waals surface area contributed by atoms with E-state index in [-0.39, 0.29) is 18.2 Å². The van der Waals surface area contributed by atoms with Gasteiger partial charge in [0, 0.05) is 22.9 Å². The fraction of sp³-hybridized carbons (Fsp3) is 0.333. The summed E-state index contributed by atoms with van der Waals surface area (Å²) in [5.74, 6) is 0.340. The van der Waals surface area contributed by atoms with E-state index in [2.05, 4.69) is 19.2 Å². The number of carbonyl (C=O) groups is 2. The molecular weight excluding hydrogens is 360 g/mol. The van der Waals surface area contributed by atoms with E-state index in [0.29, 0.717) is 35.4 Å². The summed E-state index contributed by atoms with van der Waals surface area (Å²) in [6, 6.07) is 13.2. The van der Waals surface area contributed by atoms with Crippen LogP contribution in [0.5, 0.6) is 5.75 Å². The van der Waals surface area contributed by atoms with Crippen molar-refractivity contribution in [2.75, 3.05) is 25.5 Å². The first-order valence-corrected chi connectivity index (χ1v) is 9.88. The first kappa shape index (κ1) is 19.3. The molecule has 0 bridgehead atoms. The summed E-state index contributed by atoms with van der Waals surface area (Å²) in [6.45, 7) is 5.31. The predicted octanol–water partition coefficient (Wildman–Crippen LogP) is 3.83. The minimum atomic E-state index is -0.116. The van der Waals surface area contributed by atoms with Crippen molar-refractivity contribution < 1.29 is 14.3 Å². The quantitative estimate of drug-likeness (QED) is 0.796. The van der Waals surface area contributed by atoms with E-state index >= 15 is 0 Å². The molecule has 0 radical (unpaired) electrons. The van der Waals surface area contributed by atoms with Gasteiger partial charge in [-0.25, -0.2) is 0 Å². The van der Waals surface area contributed by atoms with E-state index in [9.17, 15) is 9.59 Å². The van der Waals surface area contributed by atoms with Gasteiger partial charge in [-0.15, -0.1) is 11.8 Å². The fourth-order valence-electron chi connectivity index (χ4n) is 2.85. The zero-order valence-corrected chi connectivity index (χ0v) is 16.6. The summed E-state index contributed by atoms with van der Waals surface area (Å²) in [6.07, 6.45) is 0.286. The molecule has 27 heavy (non-hydrogen) atoms. The molecule has 1 aliphatic heterocycles. The Morgan fingerprint density at radius 3 is 2.67 bits per heavy atom. The molecule has 0 unspecified atom stereocenters. The molecule has 2 amide bonds. The fourth-order valence-corrected chi connectivity index (χ4v) is 3.69. The normalized spacial score (nSPS) is 13.8. The maximum Gasteiger partial charge on any atom is 0.257 e. The summed E-state index contributed by atoms with van der Waals surface area (Å²) in [4.78, 5) is 27.6. The van der Waals surface area contributed by atoms with Gasteiger partial charge in [0.15, 0.2) is 0 Å². The van der Waals surface area contributed by atoms with Crippen molar-refractivity contribution >= 4 is 29.3 Å². The molecule has 0 aromatic heterocycles. The molecule has 2 aromatic rings. The van der Waals surface area contributed by atoms with Crippen LogP contribution in [0.15, 0.2) is 47.4 Å². The number of nitrogens with zero attached hydrogens (tertiary/aromatic N) is 1. The number of ether oxygens (including phenoxy) is 1. The maximum atomic E-state index is 12.4.